The summed E-state index contributed by atoms with van der Waals surface area (Å²) in [5.74, 6) is 0. The van der Waals surface area contributed by atoms with Gasteiger partial charge in [-0.3, -0.25) is 0 Å². The molecular weight excluding hydrogens is 230 g/mol. The van der Waals surface area contributed by atoms with E-state index in [9.17, 15) is 0 Å². The van der Waals surface area contributed by atoms with Crippen LogP contribution in [-0.2, 0) is 0 Å². The molecule has 2 aromatic carbocycles. The van der Waals surface area contributed by atoms with E-state index in [1.54, 1.807) is 0 Å². The average molecular weight is 255 g/mol. The van der Waals surface area contributed by atoms with Gasteiger partial charge < -0.3 is 5.32 Å². The summed E-state index contributed by atoms with van der Waals surface area (Å²) in [6, 6.07) is 15.7. The first kappa shape index (κ1) is 14.1. The number of fused-ring (bicyclic) bond motifs is 1. The van der Waals surface area contributed by atoms with E-state index in [0.717, 1.165) is 13.0 Å². The molecule has 102 valence electrons. The quantitative estimate of drug-likeness (QED) is 0.817. The minimum Gasteiger partial charge on any atom is -0.310 e. The van der Waals surface area contributed by atoms with Gasteiger partial charge in [0.2, 0.25) is 0 Å². The van der Waals surface area contributed by atoms with Crippen molar-refractivity contribution in [2.45, 2.75) is 40.2 Å². The van der Waals surface area contributed by atoms with Crippen LogP contribution in [0, 0.1) is 5.41 Å². The summed E-state index contributed by atoms with van der Waals surface area (Å²) in [6.45, 7) is 10.1. The molecule has 0 radical (unpaired) electrons. The summed E-state index contributed by atoms with van der Waals surface area (Å²) in [5, 5.41) is 6.35. The molecule has 1 heteroatoms. The zero-order chi connectivity index (χ0) is 13.9. The summed E-state index contributed by atoms with van der Waals surface area (Å²) < 4.78 is 0. The fourth-order valence-corrected chi connectivity index (χ4v) is 2.71. The summed E-state index contributed by atoms with van der Waals surface area (Å²) in [6.07, 6.45) is 1.15. The Labute approximate surface area is 117 Å². The molecule has 0 aliphatic carbocycles. The normalized spacial score (nSPS) is 13.7. The van der Waals surface area contributed by atoms with E-state index in [2.05, 4.69) is 75.5 Å². The molecule has 0 heterocycles. The van der Waals surface area contributed by atoms with E-state index in [4.69, 9.17) is 0 Å². The predicted octanol–water partition coefficient (Wildman–Crippen LogP) is 4.93. The summed E-state index contributed by atoms with van der Waals surface area (Å²) in [5.41, 5.74) is 1.75. The van der Waals surface area contributed by atoms with Crippen molar-refractivity contribution < 1.29 is 0 Å². The molecule has 0 amide bonds. The highest BCUT2D eigenvalue weighted by atomic mass is 14.9. The average Bonchev–Trinajstić information content (AvgIpc) is 2.36. The smallest absolute Gasteiger partial charge is 0.0331 e. The van der Waals surface area contributed by atoms with Crippen LogP contribution in [-0.4, -0.2) is 6.54 Å². The highest BCUT2D eigenvalue weighted by Crippen LogP contribution is 2.32. The van der Waals surface area contributed by atoms with Crippen LogP contribution in [0.2, 0.25) is 0 Å². The van der Waals surface area contributed by atoms with Crippen LogP contribution >= 0.6 is 0 Å². The molecule has 0 aliphatic rings. The lowest BCUT2D eigenvalue weighted by Gasteiger charge is -2.28. The van der Waals surface area contributed by atoms with Gasteiger partial charge in [0.1, 0.15) is 0 Å². The second kappa shape index (κ2) is 5.75. The van der Waals surface area contributed by atoms with Gasteiger partial charge in [-0.2, -0.15) is 0 Å². The molecule has 0 aromatic heterocycles. The summed E-state index contributed by atoms with van der Waals surface area (Å²) in [4.78, 5) is 0. The van der Waals surface area contributed by atoms with Crippen molar-refractivity contribution in [2.24, 2.45) is 5.41 Å². The second-order valence-corrected chi connectivity index (χ2v) is 6.44. The molecule has 0 spiro atoms. The largest absolute Gasteiger partial charge is 0.310 e. The van der Waals surface area contributed by atoms with E-state index in [1.165, 1.54) is 16.3 Å². The molecule has 0 bridgehead atoms. The molecule has 0 saturated carbocycles. The Kier molecular flexibility index (Phi) is 4.26. The van der Waals surface area contributed by atoms with Gasteiger partial charge in [0.05, 0.1) is 0 Å². The van der Waals surface area contributed by atoms with E-state index < -0.39 is 0 Å². The van der Waals surface area contributed by atoms with Crippen molar-refractivity contribution in [2.75, 3.05) is 6.54 Å². The standard InChI is InChI=1S/C18H25N/c1-5-19-17(13-18(2,3)4)16-12-8-10-14-9-6-7-11-15(14)16/h6-12,17,19H,5,13H2,1-4H3. The van der Waals surface area contributed by atoms with Crippen molar-refractivity contribution in [1.82, 2.24) is 5.32 Å². The molecule has 0 saturated heterocycles. The van der Waals surface area contributed by atoms with E-state index in [-0.39, 0.29) is 0 Å². The van der Waals surface area contributed by atoms with Gasteiger partial charge in [-0.1, -0.05) is 70.2 Å². The van der Waals surface area contributed by atoms with Gasteiger partial charge in [-0.25, -0.2) is 0 Å². The molecule has 19 heavy (non-hydrogen) atoms. The Morgan fingerprint density at radius 2 is 1.68 bits per heavy atom. The van der Waals surface area contributed by atoms with E-state index in [1.807, 2.05) is 0 Å². The highest BCUT2D eigenvalue weighted by molar-refractivity contribution is 5.86. The van der Waals surface area contributed by atoms with Gasteiger partial charge in [0, 0.05) is 6.04 Å². The SMILES string of the molecule is CCNC(CC(C)(C)C)c1cccc2ccccc12. The molecule has 2 rings (SSSR count). The molecule has 1 N–H and O–H groups in total. The maximum Gasteiger partial charge on any atom is 0.0331 e. The van der Waals surface area contributed by atoms with Crippen molar-refractivity contribution in [1.29, 1.82) is 0 Å². The molecule has 0 aliphatic heterocycles. The van der Waals surface area contributed by atoms with Crippen LogP contribution in [0.15, 0.2) is 42.5 Å². The predicted molar refractivity (Wildman–Crippen MR) is 84.4 cm³/mol. The fourth-order valence-electron chi connectivity index (χ4n) is 2.71. The van der Waals surface area contributed by atoms with Gasteiger partial charge >= 0.3 is 0 Å². The number of benzene rings is 2. The monoisotopic (exact) mass is 255 g/mol. The van der Waals surface area contributed by atoms with Crippen LogP contribution in [0.5, 0.6) is 0 Å². The maximum absolute atomic E-state index is 3.65. The third-order valence-corrected chi connectivity index (χ3v) is 3.47. The van der Waals surface area contributed by atoms with Crippen LogP contribution in [0.1, 0.15) is 45.7 Å². The minimum absolute atomic E-state index is 0.323. The van der Waals surface area contributed by atoms with Crippen molar-refractivity contribution in [3.8, 4) is 0 Å². The molecule has 1 nitrogen and oxygen atoms in total. The number of hydrogen-bond donors (Lipinski definition) is 1. The lowest BCUT2D eigenvalue weighted by molar-refractivity contribution is 0.315. The van der Waals surface area contributed by atoms with Crippen molar-refractivity contribution in [3.63, 3.8) is 0 Å². The molecule has 2 aromatic rings. The van der Waals surface area contributed by atoms with E-state index in [0.29, 0.717) is 11.5 Å². The first-order valence-electron chi connectivity index (χ1n) is 7.22. The van der Waals surface area contributed by atoms with Gasteiger partial charge in [-0.15, -0.1) is 0 Å². The second-order valence-electron chi connectivity index (χ2n) is 6.44. The Hall–Kier alpha value is -1.34. The first-order chi connectivity index (χ1) is 9.01. The van der Waals surface area contributed by atoms with Crippen LogP contribution in [0.3, 0.4) is 0 Å². The number of nitrogens with one attached hydrogen (secondary N) is 1. The van der Waals surface area contributed by atoms with Crippen molar-refractivity contribution >= 4 is 10.8 Å². The van der Waals surface area contributed by atoms with E-state index >= 15 is 0 Å². The Bertz CT molecular complexity index is 531. The molecule has 1 atom stereocenters. The van der Waals surface area contributed by atoms with Crippen LogP contribution in [0.25, 0.3) is 10.8 Å². The lowest BCUT2D eigenvalue weighted by Crippen LogP contribution is -2.25. The third-order valence-electron chi connectivity index (χ3n) is 3.47. The van der Waals surface area contributed by atoms with Gasteiger partial charge in [0.15, 0.2) is 0 Å². The minimum atomic E-state index is 0.323. The lowest BCUT2D eigenvalue weighted by atomic mass is 9.84. The zero-order valence-electron chi connectivity index (χ0n) is 12.5. The zero-order valence-corrected chi connectivity index (χ0v) is 12.5. The number of rotatable bonds is 4. The van der Waals surface area contributed by atoms with Crippen LogP contribution in [0.4, 0.5) is 0 Å². The first-order valence-corrected chi connectivity index (χ1v) is 7.22. The fraction of sp³-hybridized carbons (Fsp3) is 0.444. The number of hydrogen-bond acceptors (Lipinski definition) is 1. The maximum atomic E-state index is 3.65. The molecule has 0 fully saturated rings. The topological polar surface area (TPSA) is 12.0 Å². The Balaban J connectivity index is 2.44. The summed E-state index contributed by atoms with van der Waals surface area (Å²) in [7, 11) is 0. The van der Waals surface area contributed by atoms with Crippen LogP contribution < -0.4 is 5.32 Å². The third kappa shape index (κ3) is 3.57. The highest BCUT2D eigenvalue weighted by Gasteiger charge is 2.20. The summed E-state index contributed by atoms with van der Waals surface area (Å²) >= 11 is 0. The Morgan fingerprint density at radius 1 is 1.00 bits per heavy atom. The Morgan fingerprint density at radius 3 is 2.37 bits per heavy atom. The van der Waals surface area contributed by atoms with Gasteiger partial charge in [0.25, 0.3) is 0 Å². The van der Waals surface area contributed by atoms with Gasteiger partial charge in [-0.05, 0) is 34.7 Å². The molecule has 1 unspecified atom stereocenters. The van der Waals surface area contributed by atoms with Crippen molar-refractivity contribution in [3.05, 3.63) is 48.0 Å². The molecular formula is C18H25N.